The molecule has 0 aliphatic carbocycles. The Kier molecular flexibility index (Phi) is 5.02. The summed E-state index contributed by atoms with van der Waals surface area (Å²) in [4.78, 5) is 19.6. The minimum absolute atomic E-state index is 0.196. The number of halogens is 1. The van der Waals surface area contributed by atoms with Gasteiger partial charge in [-0.2, -0.15) is 0 Å². The lowest BCUT2D eigenvalue weighted by molar-refractivity contribution is 0.128. The van der Waals surface area contributed by atoms with E-state index < -0.39 is 11.6 Å². The predicted molar refractivity (Wildman–Crippen MR) is 96.8 cm³/mol. The van der Waals surface area contributed by atoms with Crippen LogP contribution in [0.25, 0.3) is 11.3 Å². The Labute approximate surface area is 151 Å². The number of H-pyrrole nitrogens is 1. The first kappa shape index (κ1) is 17.7. The Balaban J connectivity index is 1.64. The van der Waals surface area contributed by atoms with Gasteiger partial charge in [0.2, 0.25) is 0 Å². The molecule has 0 saturated carbocycles. The van der Waals surface area contributed by atoms with Crippen LogP contribution in [0.5, 0.6) is 0 Å². The van der Waals surface area contributed by atoms with Crippen LogP contribution in [0.3, 0.4) is 0 Å². The van der Waals surface area contributed by atoms with Gasteiger partial charge in [0.15, 0.2) is 0 Å². The smallest absolute Gasteiger partial charge is 0.408 e. The van der Waals surface area contributed by atoms with Gasteiger partial charge in [0.05, 0.1) is 17.4 Å². The van der Waals surface area contributed by atoms with Crippen LogP contribution in [0.2, 0.25) is 0 Å². The topological polar surface area (TPSA) is 67.0 Å². The molecule has 0 bridgehead atoms. The van der Waals surface area contributed by atoms with Crippen molar-refractivity contribution >= 4 is 6.09 Å². The van der Waals surface area contributed by atoms with Gasteiger partial charge in [-0.1, -0.05) is 30.3 Å². The van der Waals surface area contributed by atoms with Crippen LogP contribution >= 0.6 is 0 Å². The molecule has 1 heterocycles. The summed E-state index contributed by atoms with van der Waals surface area (Å²) in [6, 6.07) is 15.6. The minimum Gasteiger partial charge on any atom is -0.445 e. The van der Waals surface area contributed by atoms with Gasteiger partial charge in [-0.3, -0.25) is 0 Å². The van der Waals surface area contributed by atoms with Gasteiger partial charge in [-0.25, -0.2) is 14.2 Å². The van der Waals surface area contributed by atoms with E-state index in [1.807, 2.05) is 44.2 Å². The molecule has 0 aliphatic rings. The zero-order valence-electron chi connectivity index (χ0n) is 14.6. The molecule has 2 aromatic carbocycles. The first-order valence-electron chi connectivity index (χ1n) is 8.24. The highest BCUT2D eigenvalue weighted by Crippen LogP contribution is 2.22. The van der Waals surface area contributed by atoms with Crippen LogP contribution in [0, 0.1) is 5.82 Å². The molecule has 0 atom stereocenters. The second kappa shape index (κ2) is 7.39. The molecular formula is C20H20FN3O2. The van der Waals surface area contributed by atoms with E-state index in [1.54, 1.807) is 18.3 Å². The third-order valence-electron chi connectivity index (χ3n) is 3.95. The number of hydrogen-bond donors (Lipinski definition) is 2. The molecule has 3 aromatic rings. The highest BCUT2D eigenvalue weighted by atomic mass is 19.1. The number of alkyl carbamates (subject to hydrolysis) is 1. The van der Waals surface area contributed by atoms with E-state index in [4.69, 9.17) is 4.74 Å². The lowest BCUT2D eigenvalue weighted by Crippen LogP contribution is -2.42. The molecule has 0 fully saturated rings. The number of ether oxygens (including phenoxy) is 1. The van der Waals surface area contributed by atoms with E-state index in [9.17, 15) is 9.18 Å². The van der Waals surface area contributed by atoms with Crippen molar-refractivity contribution in [1.29, 1.82) is 0 Å². The van der Waals surface area contributed by atoms with Crippen LogP contribution in [0.15, 0.2) is 60.8 Å². The SMILES string of the molecule is CC(C)(NC(=O)OCc1ccccc1)c1ncc(-c2ccc(F)cc2)[nH]1. The summed E-state index contributed by atoms with van der Waals surface area (Å²) in [7, 11) is 0. The fraction of sp³-hybridized carbons (Fsp3) is 0.200. The fourth-order valence-corrected chi connectivity index (χ4v) is 2.49. The summed E-state index contributed by atoms with van der Waals surface area (Å²) < 4.78 is 18.3. The molecule has 1 amide bonds. The number of imidazole rings is 1. The lowest BCUT2D eigenvalue weighted by atomic mass is 10.1. The molecule has 0 unspecified atom stereocenters. The average Bonchev–Trinajstić information content (AvgIpc) is 3.12. The summed E-state index contributed by atoms with van der Waals surface area (Å²) in [5.74, 6) is 0.283. The average molecular weight is 353 g/mol. The number of carbonyl (C=O) groups is 1. The zero-order chi connectivity index (χ0) is 18.6. The number of aromatic nitrogens is 2. The van der Waals surface area contributed by atoms with Crippen molar-refractivity contribution in [2.24, 2.45) is 0 Å². The van der Waals surface area contributed by atoms with E-state index in [0.717, 1.165) is 16.8 Å². The normalized spacial score (nSPS) is 11.2. The van der Waals surface area contributed by atoms with Crippen LogP contribution in [-0.2, 0) is 16.9 Å². The first-order chi connectivity index (χ1) is 12.4. The van der Waals surface area contributed by atoms with Crippen LogP contribution in [0.4, 0.5) is 9.18 Å². The Morgan fingerprint density at radius 2 is 1.85 bits per heavy atom. The van der Waals surface area contributed by atoms with E-state index in [2.05, 4.69) is 15.3 Å². The number of amides is 1. The summed E-state index contributed by atoms with van der Waals surface area (Å²) in [6.07, 6.45) is 1.12. The van der Waals surface area contributed by atoms with Gasteiger partial charge in [0, 0.05) is 0 Å². The van der Waals surface area contributed by atoms with Gasteiger partial charge < -0.3 is 15.0 Å². The largest absolute Gasteiger partial charge is 0.445 e. The molecule has 5 nitrogen and oxygen atoms in total. The number of nitrogens with one attached hydrogen (secondary N) is 2. The molecular weight excluding hydrogens is 333 g/mol. The molecule has 0 radical (unpaired) electrons. The number of aromatic amines is 1. The van der Waals surface area contributed by atoms with Gasteiger partial charge in [0.25, 0.3) is 0 Å². The van der Waals surface area contributed by atoms with E-state index >= 15 is 0 Å². The second-order valence-electron chi connectivity index (χ2n) is 6.46. The summed E-state index contributed by atoms with van der Waals surface area (Å²) in [5.41, 5.74) is 1.71. The third kappa shape index (κ3) is 4.27. The van der Waals surface area contributed by atoms with E-state index in [1.165, 1.54) is 12.1 Å². The Morgan fingerprint density at radius 1 is 1.15 bits per heavy atom. The number of carbonyl (C=O) groups excluding carboxylic acids is 1. The Hall–Kier alpha value is -3.15. The van der Waals surface area contributed by atoms with Crippen molar-refractivity contribution in [3.05, 3.63) is 78.0 Å². The molecule has 1 aromatic heterocycles. The van der Waals surface area contributed by atoms with Gasteiger partial charge in [-0.15, -0.1) is 0 Å². The summed E-state index contributed by atoms with van der Waals surface area (Å²) in [6.45, 7) is 3.84. The van der Waals surface area contributed by atoms with Gasteiger partial charge in [-0.05, 0) is 49.2 Å². The van der Waals surface area contributed by atoms with Gasteiger partial charge in [0.1, 0.15) is 18.2 Å². The molecule has 26 heavy (non-hydrogen) atoms. The summed E-state index contributed by atoms with van der Waals surface area (Å²) in [5, 5.41) is 2.80. The van der Waals surface area contributed by atoms with Gasteiger partial charge >= 0.3 is 6.09 Å². The molecule has 6 heteroatoms. The maximum Gasteiger partial charge on any atom is 0.408 e. The molecule has 134 valence electrons. The van der Waals surface area contributed by atoms with Crippen molar-refractivity contribution in [3.63, 3.8) is 0 Å². The number of rotatable bonds is 5. The maximum absolute atomic E-state index is 13.0. The van der Waals surface area contributed by atoms with E-state index in [0.29, 0.717) is 5.82 Å². The number of benzene rings is 2. The summed E-state index contributed by atoms with van der Waals surface area (Å²) >= 11 is 0. The number of nitrogens with zero attached hydrogens (tertiary/aromatic N) is 1. The van der Waals surface area contributed by atoms with Crippen molar-refractivity contribution in [1.82, 2.24) is 15.3 Å². The minimum atomic E-state index is -0.758. The molecule has 0 aliphatic heterocycles. The standard InChI is InChI=1S/C20H20FN3O2/c1-20(2,24-19(25)26-13-14-6-4-3-5-7-14)18-22-12-17(23-18)15-8-10-16(21)11-9-15/h3-12H,13H2,1-2H3,(H,22,23)(H,24,25). The molecule has 2 N–H and O–H groups in total. The number of hydrogen-bond acceptors (Lipinski definition) is 3. The van der Waals surface area contributed by atoms with Crippen molar-refractivity contribution < 1.29 is 13.9 Å². The second-order valence-corrected chi connectivity index (χ2v) is 6.46. The monoisotopic (exact) mass is 353 g/mol. The zero-order valence-corrected chi connectivity index (χ0v) is 14.6. The van der Waals surface area contributed by atoms with Crippen molar-refractivity contribution in [2.75, 3.05) is 0 Å². The molecule has 0 saturated heterocycles. The quantitative estimate of drug-likeness (QED) is 0.715. The Morgan fingerprint density at radius 3 is 2.54 bits per heavy atom. The van der Waals surface area contributed by atoms with Crippen LogP contribution in [-0.4, -0.2) is 16.1 Å². The van der Waals surface area contributed by atoms with Crippen LogP contribution in [0.1, 0.15) is 25.2 Å². The van der Waals surface area contributed by atoms with Crippen molar-refractivity contribution in [3.8, 4) is 11.3 Å². The van der Waals surface area contributed by atoms with Crippen molar-refractivity contribution in [2.45, 2.75) is 26.0 Å². The third-order valence-corrected chi connectivity index (χ3v) is 3.95. The lowest BCUT2D eigenvalue weighted by Gasteiger charge is -2.23. The maximum atomic E-state index is 13.0. The van der Waals surface area contributed by atoms with Crippen LogP contribution < -0.4 is 5.32 Å². The first-order valence-corrected chi connectivity index (χ1v) is 8.24. The van der Waals surface area contributed by atoms with E-state index in [-0.39, 0.29) is 12.4 Å². The predicted octanol–water partition coefficient (Wildman–Crippen LogP) is 4.38. The highest BCUT2D eigenvalue weighted by molar-refractivity contribution is 5.68. The molecule has 0 spiro atoms. The highest BCUT2D eigenvalue weighted by Gasteiger charge is 2.27. The fourth-order valence-electron chi connectivity index (χ4n) is 2.49. The molecule has 3 rings (SSSR count). The Bertz CT molecular complexity index is 874.